The zero-order valence-corrected chi connectivity index (χ0v) is 9.78. The summed E-state index contributed by atoms with van der Waals surface area (Å²) in [5, 5.41) is 9.71. The predicted octanol–water partition coefficient (Wildman–Crippen LogP) is 3.55. The fraction of sp³-hybridized carbons (Fsp3) is 0.308. The summed E-state index contributed by atoms with van der Waals surface area (Å²) in [5.41, 5.74) is 0.962. The lowest BCUT2D eigenvalue weighted by Crippen LogP contribution is -2.16. The molecule has 0 bridgehead atoms. The molecule has 86 valence electrons. The van der Waals surface area contributed by atoms with Crippen LogP contribution in [0.2, 0.25) is 5.02 Å². The van der Waals surface area contributed by atoms with E-state index in [1.807, 2.05) is 18.2 Å². The van der Waals surface area contributed by atoms with Crippen LogP contribution < -0.4 is 0 Å². The maximum Gasteiger partial charge on any atom is 0.306 e. The molecule has 0 saturated carbocycles. The Bertz CT molecular complexity index is 374. The summed E-state index contributed by atoms with van der Waals surface area (Å²) < 4.78 is 0. The zero-order valence-electron chi connectivity index (χ0n) is 9.03. The fourth-order valence-electron chi connectivity index (χ4n) is 1.58. The first-order valence-corrected chi connectivity index (χ1v) is 5.59. The maximum absolute atomic E-state index is 11.0. The highest BCUT2D eigenvalue weighted by Gasteiger charge is 2.16. The Labute approximate surface area is 101 Å². The van der Waals surface area contributed by atoms with Crippen molar-refractivity contribution < 1.29 is 9.90 Å². The molecule has 0 spiro atoms. The van der Waals surface area contributed by atoms with Crippen LogP contribution in [0.5, 0.6) is 0 Å². The van der Waals surface area contributed by atoms with Crippen LogP contribution in [0.3, 0.4) is 0 Å². The number of carboxylic acid groups (broad SMARTS) is 1. The minimum Gasteiger partial charge on any atom is -0.481 e. The van der Waals surface area contributed by atoms with Crippen molar-refractivity contribution in [3.8, 4) is 0 Å². The van der Waals surface area contributed by atoms with Gasteiger partial charge in [0.1, 0.15) is 0 Å². The molecular weight excluding hydrogens is 224 g/mol. The normalized spacial score (nSPS) is 12.1. The summed E-state index contributed by atoms with van der Waals surface area (Å²) in [4.78, 5) is 11.0. The zero-order chi connectivity index (χ0) is 12.0. The van der Waals surface area contributed by atoms with E-state index in [0.717, 1.165) is 12.0 Å². The predicted molar refractivity (Wildman–Crippen MR) is 65.7 cm³/mol. The van der Waals surface area contributed by atoms with E-state index in [-0.39, 0.29) is 5.92 Å². The van der Waals surface area contributed by atoms with Crippen LogP contribution in [0, 0.1) is 5.92 Å². The van der Waals surface area contributed by atoms with Crippen molar-refractivity contribution in [2.24, 2.45) is 5.92 Å². The van der Waals surface area contributed by atoms with Crippen LogP contribution in [0.1, 0.15) is 18.4 Å². The molecule has 1 N–H and O–H groups in total. The third-order valence-electron chi connectivity index (χ3n) is 2.44. The molecular formula is C13H15ClO2. The van der Waals surface area contributed by atoms with Gasteiger partial charge in [0, 0.05) is 5.02 Å². The summed E-state index contributed by atoms with van der Waals surface area (Å²) in [7, 11) is 0. The van der Waals surface area contributed by atoms with Gasteiger partial charge in [-0.1, -0.05) is 29.8 Å². The second-order valence-corrected chi connectivity index (χ2v) is 4.17. The van der Waals surface area contributed by atoms with Gasteiger partial charge in [-0.3, -0.25) is 4.79 Å². The highest BCUT2D eigenvalue weighted by molar-refractivity contribution is 6.30. The molecule has 3 heteroatoms. The quantitative estimate of drug-likeness (QED) is 0.770. The van der Waals surface area contributed by atoms with E-state index in [1.165, 1.54) is 0 Å². The second-order valence-electron chi connectivity index (χ2n) is 3.74. The molecule has 0 amide bonds. The number of hydrogen-bond donors (Lipinski definition) is 1. The number of carbonyl (C=O) groups is 1. The third kappa shape index (κ3) is 4.07. The summed E-state index contributed by atoms with van der Waals surface area (Å²) in [6.45, 7) is 3.60. The van der Waals surface area contributed by atoms with Gasteiger partial charge in [0.05, 0.1) is 5.92 Å². The van der Waals surface area contributed by atoms with Crippen LogP contribution >= 0.6 is 11.6 Å². The smallest absolute Gasteiger partial charge is 0.306 e. The number of carboxylic acids is 1. The molecule has 0 aliphatic heterocycles. The number of aliphatic carboxylic acids is 1. The first kappa shape index (κ1) is 12.8. The molecule has 0 aliphatic carbocycles. The number of benzene rings is 1. The van der Waals surface area contributed by atoms with Gasteiger partial charge in [-0.2, -0.15) is 0 Å². The number of rotatable bonds is 6. The minimum atomic E-state index is -0.762. The van der Waals surface area contributed by atoms with Gasteiger partial charge in [0.25, 0.3) is 0 Å². The van der Waals surface area contributed by atoms with Gasteiger partial charge >= 0.3 is 5.97 Å². The van der Waals surface area contributed by atoms with E-state index in [2.05, 4.69) is 6.58 Å². The summed E-state index contributed by atoms with van der Waals surface area (Å²) in [6.07, 6.45) is 3.60. The van der Waals surface area contributed by atoms with Crippen molar-refractivity contribution >= 4 is 17.6 Å². The Balaban J connectivity index is 2.67. The molecule has 0 radical (unpaired) electrons. The monoisotopic (exact) mass is 238 g/mol. The Morgan fingerprint density at radius 3 is 2.88 bits per heavy atom. The van der Waals surface area contributed by atoms with E-state index in [4.69, 9.17) is 16.7 Å². The number of halogens is 1. The summed E-state index contributed by atoms with van der Waals surface area (Å²) in [6, 6.07) is 7.33. The molecule has 2 nitrogen and oxygen atoms in total. The maximum atomic E-state index is 11.0. The first-order chi connectivity index (χ1) is 7.63. The Morgan fingerprint density at radius 1 is 1.56 bits per heavy atom. The topological polar surface area (TPSA) is 37.3 Å². The molecule has 16 heavy (non-hydrogen) atoms. The lowest BCUT2D eigenvalue weighted by Gasteiger charge is -2.11. The fourth-order valence-corrected chi connectivity index (χ4v) is 1.79. The Hall–Kier alpha value is -1.28. The molecule has 1 unspecified atom stereocenters. The van der Waals surface area contributed by atoms with E-state index < -0.39 is 5.97 Å². The summed E-state index contributed by atoms with van der Waals surface area (Å²) in [5.74, 6) is -1.13. The van der Waals surface area contributed by atoms with Gasteiger partial charge in [-0.05, 0) is 37.0 Å². The van der Waals surface area contributed by atoms with Crippen molar-refractivity contribution in [2.45, 2.75) is 19.3 Å². The van der Waals surface area contributed by atoms with E-state index >= 15 is 0 Å². The highest BCUT2D eigenvalue weighted by Crippen LogP contribution is 2.18. The second kappa shape index (κ2) is 6.33. The van der Waals surface area contributed by atoms with Gasteiger partial charge in [0.15, 0.2) is 0 Å². The number of hydrogen-bond acceptors (Lipinski definition) is 1. The molecule has 0 fully saturated rings. The first-order valence-electron chi connectivity index (χ1n) is 5.21. The number of allylic oxidation sites excluding steroid dienone is 1. The Kier molecular flexibility index (Phi) is 5.06. The van der Waals surface area contributed by atoms with Crippen molar-refractivity contribution in [3.05, 3.63) is 47.5 Å². The molecule has 1 aromatic rings. The highest BCUT2D eigenvalue weighted by atomic mass is 35.5. The third-order valence-corrected chi connectivity index (χ3v) is 2.67. The van der Waals surface area contributed by atoms with Crippen molar-refractivity contribution in [3.63, 3.8) is 0 Å². The lowest BCUT2D eigenvalue weighted by atomic mass is 9.95. The Morgan fingerprint density at radius 2 is 2.31 bits per heavy atom. The van der Waals surface area contributed by atoms with Crippen molar-refractivity contribution in [1.82, 2.24) is 0 Å². The molecule has 0 saturated heterocycles. The lowest BCUT2D eigenvalue weighted by molar-refractivity contribution is -0.141. The molecule has 1 aromatic carbocycles. The largest absolute Gasteiger partial charge is 0.481 e. The van der Waals surface area contributed by atoms with Gasteiger partial charge in [-0.25, -0.2) is 0 Å². The standard InChI is InChI=1S/C13H15ClO2/c1-2-3-6-11(13(15)16)8-10-5-4-7-12(14)9-10/h2,4-5,7,9,11H,1,3,6,8H2,(H,15,16). The van der Waals surface area contributed by atoms with Crippen molar-refractivity contribution in [1.29, 1.82) is 0 Å². The minimum absolute atomic E-state index is 0.364. The SMILES string of the molecule is C=CCCC(Cc1cccc(Cl)c1)C(=O)O. The average molecular weight is 239 g/mol. The van der Waals surface area contributed by atoms with Crippen molar-refractivity contribution in [2.75, 3.05) is 0 Å². The molecule has 1 rings (SSSR count). The van der Waals surface area contributed by atoms with Gasteiger partial charge in [0.2, 0.25) is 0 Å². The molecule has 0 aromatic heterocycles. The van der Waals surface area contributed by atoms with Crippen LogP contribution in [-0.4, -0.2) is 11.1 Å². The molecule has 0 aliphatic rings. The molecule has 1 atom stereocenters. The van der Waals surface area contributed by atoms with Crippen LogP contribution in [0.25, 0.3) is 0 Å². The van der Waals surface area contributed by atoms with E-state index in [0.29, 0.717) is 17.9 Å². The van der Waals surface area contributed by atoms with Crippen LogP contribution in [0.4, 0.5) is 0 Å². The summed E-state index contributed by atoms with van der Waals surface area (Å²) >= 11 is 5.85. The van der Waals surface area contributed by atoms with E-state index in [9.17, 15) is 4.79 Å². The van der Waals surface area contributed by atoms with Crippen LogP contribution in [-0.2, 0) is 11.2 Å². The molecule has 0 heterocycles. The van der Waals surface area contributed by atoms with Crippen LogP contribution in [0.15, 0.2) is 36.9 Å². The average Bonchev–Trinajstić information content (AvgIpc) is 2.24. The van der Waals surface area contributed by atoms with E-state index in [1.54, 1.807) is 12.1 Å². The van der Waals surface area contributed by atoms with Gasteiger partial charge < -0.3 is 5.11 Å². The van der Waals surface area contributed by atoms with Gasteiger partial charge in [-0.15, -0.1) is 6.58 Å².